The standard InChI is InChI=1S/C16H22F3N3O2/c1-2-22-9-3-4-13(22)10-20-11-15(23)21-12-5-7-14(8-6-12)24-16(17,18)19/h5-8,13,20H,2-4,9-11H2,1H3,(H,21,23)/t13-/m0/s1. The van der Waals surface area contributed by atoms with E-state index in [4.69, 9.17) is 0 Å². The van der Waals surface area contributed by atoms with Crippen LogP contribution in [0.4, 0.5) is 18.9 Å². The molecule has 1 atom stereocenters. The second kappa shape index (κ2) is 8.34. The lowest BCUT2D eigenvalue weighted by Crippen LogP contribution is -2.40. The van der Waals surface area contributed by atoms with E-state index in [1.54, 1.807) is 0 Å². The zero-order valence-electron chi connectivity index (χ0n) is 13.5. The second-order valence-electron chi connectivity index (χ2n) is 5.68. The smallest absolute Gasteiger partial charge is 0.406 e. The van der Waals surface area contributed by atoms with Crippen molar-refractivity contribution < 1.29 is 22.7 Å². The van der Waals surface area contributed by atoms with Gasteiger partial charge in [0, 0.05) is 18.3 Å². The highest BCUT2D eigenvalue weighted by Gasteiger charge is 2.31. The topological polar surface area (TPSA) is 53.6 Å². The van der Waals surface area contributed by atoms with Crippen LogP contribution < -0.4 is 15.4 Å². The van der Waals surface area contributed by atoms with Crippen LogP contribution in [0, 0.1) is 0 Å². The number of alkyl halides is 3. The molecule has 1 fully saturated rings. The van der Waals surface area contributed by atoms with Crippen molar-refractivity contribution in [3.8, 4) is 5.75 Å². The van der Waals surface area contributed by atoms with Crippen LogP contribution in [-0.2, 0) is 4.79 Å². The monoisotopic (exact) mass is 345 g/mol. The van der Waals surface area contributed by atoms with Crippen molar-refractivity contribution in [3.63, 3.8) is 0 Å². The van der Waals surface area contributed by atoms with Gasteiger partial charge in [0.15, 0.2) is 0 Å². The van der Waals surface area contributed by atoms with Gasteiger partial charge in [-0.1, -0.05) is 6.92 Å². The first kappa shape index (κ1) is 18.5. The molecule has 0 saturated carbocycles. The Morgan fingerprint density at radius 2 is 2.04 bits per heavy atom. The lowest BCUT2D eigenvalue weighted by molar-refractivity contribution is -0.274. The van der Waals surface area contributed by atoms with Gasteiger partial charge in [-0.25, -0.2) is 0 Å². The SMILES string of the molecule is CCN1CCC[C@H]1CNCC(=O)Nc1ccc(OC(F)(F)F)cc1. The third kappa shape index (κ3) is 6.01. The van der Waals surface area contributed by atoms with E-state index in [9.17, 15) is 18.0 Å². The van der Waals surface area contributed by atoms with Crippen LogP contribution in [0.1, 0.15) is 19.8 Å². The number of nitrogens with one attached hydrogen (secondary N) is 2. The van der Waals surface area contributed by atoms with Crippen molar-refractivity contribution in [2.45, 2.75) is 32.2 Å². The van der Waals surface area contributed by atoms with Crippen molar-refractivity contribution in [2.75, 3.05) is 31.5 Å². The van der Waals surface area contributed by atoms with Crippen LogP contribution in [-0.4, -0.2) is 49.4 Å². The molecule has 1 aromatic carbocycles. The van der Waals surface area contributed by atoms with Crippen molar-refractivity contribution in [2.24, 2.45) is 0 Å². The molecule has 0 radical (unpaired) electrons. The molecule has 24 heavy (non-hydrogen) atoms. The third-order valence-corrected chi connectivity index (χ3v) is 3.94. The van der Waals surface area contributed by atoms with E-state index in [0.29, 0.717) is 11.7 Å². The second-order valence-corrected chi connectivity index (χ2v) is 5.68. The summed E-state index contributed by atoms with van der Waals surface area (Å²) < 4.78 is 40.0. The van der Waals surface area contributed by atoms with Gasteiger partial charge < -0.3 is 15.4 Å². The Kier molecular flexibility index (Phi) is 6.44. The number of hydrogen-bond acceptors (Lipinski definition) is 4. The van der Waals surface area contributed by atoms with Gasteiger partial charge in [0.1, 0.15) is 5.75 Å². The van der Waals surface area contributed by atoms with E-state index < -0.39 is 6.36 Å². The first-order valence-electron chi connectivity index (χ1n) is 7.98. The number of hydrogen-bond donors (Lipinski definition) is 2. The zero-order valence-corrected chi connectivity index (χ0v) is 13.5. The Morgan fingerprint density at radius 3 is 2.67 bits per heavy atom. The summed E-state index contributed by atoms with van der Waals surface area (Å²) in [6, 6.07) is 5.52. The van der Waals surface area contributed by atoms with Crippen LogP contribution in [0.2, 0.25) is 0 Å². The number of amides is 1. The summed E-state index contributed by atoms with van der Waals surface area (Å²) in [5, 5.41) is 5.76. The Labute approximate surface area is 139 Å². The number of likely N-dealkylation sites (tertiary alicyclic amines) is 1. The molecular weight excluding hydrogens is 323 g/mol. The highest BCUT2D eigenvalue weighted by atomic mass is 19.4. The highest BCUT2D eigenvalue weighted by Crippen LogP contribution is 2.23. The minimum absolute atomic E-state index is 0.162. The molecule has 1 aliphatic rings. The van der Waals surface area contributed by atoms with E-state index in [0.717, 1.165) is 38.2 Å². The van der Waals surface area contributed by atoms with E-state index in [-0.39, 0.29) is 18.2 Å². The van der Waals surface area contributed by atoms with Crippen LogP contribution in [0.5, 0.6) is 5.75 Å². The number of carbonyl (C=O) groups excluding carboxylic acids is 1. The summed E-state index contributed by atoms with van der Waals surface area (Å²) in [6.45, 7) is 5.14. The Balaban J connectivity index is 1.72. The number of rotatable bonds is 7. The number of anilines is 1. The van der Waals surface area contributed by atoms with Crippen LogP contribution >= 0.6 is 0 Å². The maximum atomic E-state index is 12.1. The average molecular weight is 345 g/mol. The number of benzene rings is 1. The Hall–Kier alpha value is -1.80. The summed E-state index contributed by atoms with van der Waals surface area (Å²) >= 11 is 0. The van der Waals surface area contributed by atoms with Crippen molar-refractivity contribution in [1.82, 2.24) is 10.2 Å². The molecule has 0 aromatic heterocycles. The van der Waals surface area contributed by atoms with E-state index >= 15 is 0 Å². The molecular formula is C16H22F3N3O2. The summed E-state index contributed by atoms with van der Waals surface area (Å²) in [5.74, 6) is -0.556. The number of ether oxygens (including phenoxy) is 1. The largest absolute Gasteiger partial charge is 0.573 e. The Bertz CT molecular complexity index is 534. The van der Waals surface area contributed by atoms with Crippen molar-refractivity contribution in [3.05, 3.63) is 24.3 Å². The first-order chi connectivity index (χ1) is 11.4. The molecule has 134 valence electrons. The summed E-state index contributed by atoms with van der Waals surface area (Å²) in [7, 11) is 0. The summed E-state index contributed by atoms with van der Waals surface area (Å²) in [5.41, 5.74) is 0.423. The molecule has 0 unspecified atom stereocenters. The fourth-order valence-corrected chi connectivity index (χ4v) is 2.84. The minimum atomic E-state index is -4.72. The number of likely N-dealkylation sites (N-methyl/N-ethyl adjacent to an activating group) is 1. The van der Waals surface area contributed by atoms with Crippen LogP contribution in [0.15, 0.2) is 24.3 Å². The third-order valence-electron chi connectivity index (χ3n) is 3.94. The van der Waals surface area contributed by atoms with Gasteiger partial charge in [0.05, 0.1) is 6.54 Å². The molecule has 1 aromatic rings. The molecule has 1 amide bonds. The minimum Gasteiger partial charge on any atom is -0.406 e. The highest BCUT2D eigenvalue weighted by molar-refractivity contribution is 5.92. The molecule has 2 N–H and O–H groups in total. The Morgan fingerprint density at radius 1 is 1.33 bits per heavy atom. The fourth-order valence-electron chi connectivity index (χ4n) is 2.84. The molecule has 8 heteroatoms. The van der Waals surface area contributed by atoms with Gasteiger partial charge in [0.25, 0.3) is 0 Å². The lowest BCUT2D eigenvalue weighted by atomic mass is 10.2. The molecule has 0 spiro atoms. The summed E-state index contributed by atoms with van der Waals surface area (Å²) in [6.07, 6.45) is -2.41. The van der Waals surface area contributed by atoms with Crippen molar-refractivity contribution in [1.29, 1.82) is 0 Å². The normalized spacial score (nSPS) is 18.6. The van der Waals surface area contributed by atoms with Gasteiger partial charge >= 0.3 is 6.36 Å². The maximum absolute atomic E-state index is 12.1. The van der Waals surface area contributed by atoms with E-state index in [2.05, 4.69) is 27.2 Å². The predicted molar refractivity (Wildman–Crippen MR) is 84.9 cm³/mol. The number of carbonyl (C=O) groups is 1. The molecule has 1 saturated heterocycles. The van der Waals surface area contributed by atoms with Gasteiger partial charge in [-0.15, -0.1) is 13.2 Å². The predicted octanol–water partition coefficient (Wildman–Crippen LogP) is 2.60. The van der Waals surface area contributed by atoms with Gasteiger partial charge in [-0.2, -0.15) is 0 Å². The lowest BCUT2D eigenvalue weighted by Gasteiger charge is -2.22. The van der Waals surface area contributed by atoms with Gasteiger partial charge in [0.2, 0.25) is 5.91 Å². The fraction of sp³-hybridized carbons (Fsp3) is 0.562. The molecule has 0 aliphatic carbocycles. The molecule has 1 aliphatic heterocycles. The number of halogens is 3. The van der Waals surface area contributed by atoms with E-state index in [1.807, 2.05) is 0 Å². The van der Waals surface area contributed by atoms with Gasteiger partial charge in [-0.3, -0.25) is 9.69 Å². The average Bonchev–Trinajstić information content (AvgIpc) is 2.95. The molecule has 1 heterocycles. The zero-order chi connectivity index (χ0) is 17.6. The van der Waals surface area contributed by atoms with Crippen LogP contribution in [0.25, 0.3) is 0 Å². The molecule has 5 nitrogen and oxygen atoms in total. The molecule has 2 rings (SSSR count). The van der Waals surface area contributed by atoms with Crippen molar-refractivity contribution >= 4 is 11.6 Å². The first-order valence-corrected chi connectivity index (χ1v) is 7.98. The van der Waals surface area contributed by atoms with Gasteiger partial charge in [-0.05, 0) is 50.2 Å². The maximum Gasteiger partial charge on any atom is 0.573 e. The number of nitrogens with zero attached hydrogens (tertiary/aromatic N) is 1. The quantitative estimate of drug-likeness (QED) is 0.798. The summed E-state index contributed by atoms with van der Waals surface area (Å²) in [4.78, 5) is 14.2. The van der Waals surface area contributed by atoms with Crippen LogP contribution in [0.3, 0.4) is 0 Å². The molecule has 0 bridgehead atoms. The van der Waals surface area contributed by atoms with E-state index in [1.165, 1.54) is 18.6 Å².